The number of fused-ring (bicyclic) bond motifs is 1. The highest BCUT2D eigenvalue weighted by atomic mass is 19.4. The number of carbonyl (C=O) groups is 1. The monoisotopic (exact) mass is 424 g/mol. The zero-order valence-electron chi connectivity index (χ0n) is 15.4. The van der Waals surface area contributed by atoms with Crippen molar-refractivity contribution in [2.45, 2.75) is 19.5 Å². The first kappa shape index (κ1) is 21.2. The van der Waals surface area contributed by atoms with Crippen LogP contribution in [0.15, 0.2) is 48.7 Å². The van der Waals surface area contributed by atoms with Crippen LogP contribution in [-0.4, -0.2) is 38.8 Å². The molecule has 1 amide bonds. The van der Waals surface area contributed by atoms with Gasteiger partial charge in [0, 0.05) is 17.7 Å². The number of pyridine rings is 1. The van der Waals surface area contributed by atoms with Gasteiger partial charge in [-0.2, -0.15) is 5.10 Å². The number of aliphatic hydroxyl groups is 1. The van der Waals surface area contributed by atoms with Crippen molar-refractivity contribution in [3.05, 3.63) is 59.9 Å². The lowest BCUT2D eigenvalue weighted by atomic mass is 10.1. The van der Waals surface area contributed by atoms with Gasteiger partial charge in [0.05, 0.1) is 24.5 Å². The average molecular weight is 424 g/mol. The molecule has 3 rings (SSSR count). The van der Waals surface area contributed by atoms with Crippen molar-refractivity contribution in [3.8, 4) is 11.4 Å². The number of rotatable bonds is 7. The number of allylic oxidation sites excluding steroid dienone is 1. The Kier molecular flexibility index (Phi) is 6.31. The third-order valence-corrected chi connectivity index (χ3v) is 4.00. The minimum atomic E-state index is -4.81. The Bertz CT molecular complexity index is 1060. The van der Waals surface area contributed by atoms with Crippen LogP contribution in [0.2, 0.25) is 0 Å². The number of ether oxygens (including phenoxy) is 1. The fraction of sp³-hybridized carbons (Fsp3) is 0.211. The number of nitrogens with one attached hydrogen (secondary N) is 1. The molecule has 0 aliphatic heterocycles. The smallest absolute Gasteiger partial charge is 0.406 e. The van der Waals surface area contributed by atoms with Crippen LogP contribution in [0.3, 0.4) is 0 Å². The van der Waals surface area contributed by atoms with E-state index in [-0.39, 0.29) is 18.9 Å². The summed E-state index contributed by atoms with van der Waals surface area (Å²) in [6.07, 6.45) is -1.25. The molecule has 0 atom stereocenters. The topological polar surface area (TPSA) is 89.3 Å². The number of aromatic nitrogens is 3. The first-order valence-corrected chi connectivity index (χ1v) is 8.65. The van der Waals surface area contributed by atoms with E-state index in [4.69, 9.17) is 0 Å². The lowest BCUT2D eigenvalue weighted by Gasteiger charge is -2.09. The summed E-state index contributed by atoms with van der Waals surface area (Å²) in [6.45, 7) is -1.13. The van der Waals surface area contributed by atoms with Gasteiger partial charge in [0.2, 0.25) is 5.91 Å². The average Bonchev–Trinajstić information content (AvgIpc) is 3.09. The molecule has 0 fully saturated rings. The Morgan fingerprint density at radius 3 is 2.60 bits per heavy atom. The predicted octanol–water partition coefficient (Wildman–Crippen LogP) is 2.95. The van der Waals surface area contributed by atoms with Crippen LogP contribution in [-0.2, 0) is 17.9 Å². The van der Waals surface area contributed by atoms with E-state index in [1.54, 1.807) is 6.07 Å². The first-order chi connectivity index (χ1) is 14.3. The van der Waals surface area contributed by atoms with Gasteiger partial charge in [-0.15, -0.1) is 13.2 Å². The quantitative estimate of drug-likeness (QED) is 0.450. The van der Waals surface area contributed by atoms with Crippen molar-refractivity contribution >= 4 is 16.9 Å². The second-order valence-electron chi connectivity index (χ2n) is 6.00. The molecule has 2 aromatic heterocycles. The number of hydrogen-bond acceptors (Lipinski definition) is 5. The van der Waals surface area contributed by atoms with Gasteiger partial charge in [-0.25, -0.2) is 14.1 Å². The highest BCUT2D eigenvalue weighted by Crippen LogP contribution is 2.27. The van der Waals surface area contributed by atoms with Gasteiger partial charge in [-0.1, -0.05) is 0 Å². The normalized spacial score (nSPS) is 11.9. The van der Waals surface area contributed by atoms with Gasteiger partial charge in [0.1, 0.15) is 12.4 Å². The van der Waals surface area contributed by atoms with Crippen LogP contribution in [0.25, 0.3) is 16.7 Å². The van der Waals surface area contributed by atoms with E-state index in [0.717, 1.165) is 24.3 Å². The van der Waals surface area contributed by atoms with Crippen molar-refractivity contribution in [1.82, 2.24) is 20.1 Å². The molecule has 0 saturated carbocycles. The summed E-state index contributed by atoms with van der Waals surface area (Å²) in [6, 6.07) is 6.59. The molecule has 1 aromatic carbocycles. The third kappa shape index (κ3) is 4.92. The molecule has 2 N–H and O–H groups in total. The molecule has 158 valence electrons. The van der Waals surface area contributed by atoms with Crippen LogP contribution in [0.4, 0.5) is 17.6 Å². The lowest BCUT2D eigenvalue weighted by Crippen LogP contribution is -2.21. The molecule has 7 nitrogen and oxygen atoms in total. The molecular formula is C19H16F4N4O3. The van der Waals surface area contributed by atoms with Gasteiger partial charge in [0.15, 0.2) is 5.65 Å². The number of alkyl halides is 4. The van der Waals surface area contributed by atoms with Gasteiger partial charge in [0.25, 0.3) is 0 Å². The zero-order valence-corrected chi connectivity index (χ0v) is 15.4. The molecule has 30 heavy (non-hydrogen) atoms. The Labute approximate surface area is 167 Å². The summed E-state index contributed by atoms with van der Waals surface area (Å²) in [5.74, 6) is -0.919. The van der Waals surface area contributed by atoms with Gasteiger partial charge in [-0.3, -0.25) is 4.79 Å². The van der Waals surface area contributed by atoms with Gasteiger partial charge < -0.3 is 15.2 Å². The Balaban J connectivity index is 1.97. The Morgan fingerprint density at radius 2 is 1.97 bits per heavy atom. The highest BCUT2D eigenvalue weighted by molar-refractivity contribution is 5.88. The van der Waals surface area contributed by atoms with Crippen molar-refractivity contribution < 1.29 is 32.2 Å². The number of hydrogen-bond donors (Lipinski definition) is 2. The molecule has 0 aliphatic rings. The summed E-state index contributed by atoms with van der Waals surface area (Å²) >= 11 is 0. The fourth-order valence-corrected chi connectivity index (χ4v) is 2.79. The molecule has 0 saturated heterocycles. The second-order valence-corrected chi connectivity index (χ2v) is 6.00. The van der Waals surface area contributed by atoms with Crippen LogP contribution >= 0.6 is 0 Å². The van der Waals surface area contributed by atoms with E-state index >= 15 is 0 Å². The number of aliphatic hydroxyl groups excluding tert-OH is 1. The molecule has 11 heteroatoms. The summed E-state index contributed by atoms with van der Waals surface area (Å²) in [5, 5.41) is 17.1. The zero-order chi connectivity index (χ0) is 21.7. The van der Waals surface area contributed by atoms with Crippen molar-refractivity contribution in [2.24, 2.45) is 0 Å². The largest absolute Gasteiger partial charge is 0.573 e. The summed E-state index contributed by atoms with van der Waals surface area (Å²) in [7, 11) is 0. The van der Waals surface area contributed by atoms with Crippen LogP contribution in [0.1, 0.15) is 11.3 Å². The molecule has 0 unspecified atom stereocenters. The number of amides is 1. The molecule has 0 aliphatic carbocycles. The van der Waals surface area contributed by atoms with Gasteiger partial charge in [-0.05, 0) is 42.0 Å². The van der Waals surface area contributed by atoms with Crippen LogP contribution < -0.4 is 10.1 Å². The van der Waals surface area contributed by atoms with E-state index < -0.39 is 18.9 Å². The van der Waals surface area contributed by atoms with E-state index in [1.165, 1.54) is 23.0 Å². The second kappa shape index (κ2) is 8.91. The molecular weight excluding hydrogens is 408 g/mol. The molecule has 3 aromatic rings. The number of benzene rings is 1. The molecule has 0 bridgehead atoms. The third-order valence-electron chi connectivity index (χ3n) is 4.00. The number of nitrogens with zero attached hydrogens (tertiary/aromatic N) is 3. The predicted molar refractivity (Wildman–Crippen MR) is 98.4 cm³/mol. The summed E-state index contributed by atoms with van der Waals surface area (Å²) < 4.78 is 54.4. The number of halogens is 4. The fourth-order valence-electron chi connectivity index (χ4n) is 2.79. The van der Waals surface area contributed by atoms with Crippen molar-refractivity contribution in [2.75, 3.05) is 6.67 Å². The van der Waals surface area contributed by atoms with Crippen molar-refractivity contribution in [1.29, 1.82) is 0 Å². The maximum absolute atomic E-state index is 12.4. The molecule has 0 spiro atoms. The Hall–Kier alpha value is -3.47. The minimum Gasteiger partial charge on any atom is -0.406 e. The van der Waals surface area contributed by atoms with E-state index in [2.05, 4.69) is 20.1 Å². The van der Waals surface area contributed by atoms with Gasteiger partial charge >= 0.3 is 6.36 Å². The van der Waals surface area contributed by atoms with E-state index in [9.17, 15) is 27.5 Å². The van der Waals surface area contributed by atoms with Crippen LogP contribution in [0, 0.1) is 0 Å². The van der Waals surface area contributed by atoms with E-state index in [1.807, 2.05) is 0 Å². The van der Waals surface area contributed by atoms with Crippen molar-refractivity contribution in [3.63, 3.8) is 0 Å². The van der Waals surface area contributed by atoms with E-state index in [0.29, 0.717) is 28.0 Å². The molecule has 2 heterocycles. The summed E-state index contributed by atoms with van der Waals surface area (Å²) in [4.78, 5) is 16.0. The summed E-state index contributed by atoms with van der Waals surface area (Å²) in [5.41, 5.74) is 1.62. The lowest BCUT2D eigenvalue weighted by molar-refractivity contribution is -0.274. The first-order valence-electron chi connectivity index (χ1n) is 8.65. The Morgan fingerprint density at radius 1 is 1.23 bits per heavy atom. The molecule has 0 radical (unpaired) electrons. The standard InChI is InChI=1S/C19H16F4N4O3/c20-8-1-2-16(29)25-10-15-17-12(11-28)7-9-24-18(17)27(26-15)13-3-5-14(6-4-13)30-19(21,22)23/h1-7,9,28H,8,10-11H2,(H,25,29)/b2-1+. The minimum absolute atomic E-state index is 0.0348. The SMILES string of the molecule is O=C(/C=C/CF)NCc1nn(-c2ccc(OC(F)(F)F)cc2)c2nccc(CO)c12. The maximum atomic E-state index is 12.4. The number of carbonyl (C=O) groups excluding carboxylic acids is 1. The van der Waals surface area contributed by atoms with Crippen LogP contribution in [0.5, 0.6) is 5.75 Å². The maximum Gasteiger partial charge on any atom is 0.573 e. The highest BCUT2D eigenvalue weighted by Gasteiger charge is 2.31.